The van der Waals surface area contributed by atoms with Crippen molar-refractivity contribution >= 4 is 11.9 Å². The molecule has 0 aliphatic heterocycles. The topological polar surface area (TPSA) is 61.8 Å². The van der Waals surface area contributed by atoms with Gasteiger partial charge >= 0.3 is 11.9 Å². The maximum absolute atomic E-state index is 12.5. The monoisotopic (exact) mass is 723 g/mol. The van der Waals surface area contributed by atoms with Crippen LogP contribution in [0.2, 0.25) is 0 Å². The SMILES string of the molecule is CC/C=C\C/C=C\C/C=C\C/C=C\C/C=C\CCCCOCC(COC(=O)CCCCCCC/C=C\C/C=C\CCC)OC(=O)CCCCCCC. The molecule has 1 unspecified atom stereocenters. The Morgan fingerprint density at radius 2 is 0.904 bits per heavy atom. The zero-order chi connectivity index (χ0) is 37.8. The van der Waals surface area contributed by atoms with Crippen molar-refractivity contribution in [2.45, 2.75) is 181 Å². The fourth-order valence-corrected chi connectivity index (χ4v) is 5.28. The molecule has 0 fully saturated rings. The average molecular weight is 723 g/mol. The fourth-order valence-electron chi connectivity index (χ4n) is 5.28. The minimum Gasteiger partial charge on any atom is -0.462 e. The molecule has 0 aliphatic rings. The van der Waals surface area contributed by atoms with Gasteiger partial charge in [-0.25, -0.2) is 0 Å². The summed E-state index contributed by atoms with van der Waals surface area (Å²) in [6.45, 7) is 7.43. The minimum absolute atomic E-state index is 0.0560. The van der Waals surface area contributed by atoms with Gasteiger partial charge in [-0.05, 0) is 89.9 Å². The van der Waals surface area contributed by atoms with Gasteiger partial charge in [-0.2, -0.15) is 0 Å². The standard InChI is InChI=1S/C47H78O5/c1-4-7-10-13-15-17-19-21-22-23-24-25-27-29-31-33-36-39-42-50-43-45(52-47(49)41-38-34-12-9-6-3)44-51-46(48)40-37-35-32-30-28-26-20-18-16-14-11-8-5-2/h7,10-11,14-15,17-18,20-22,24-25,29,31,45H,4-6,8-9,12-13,16,19,23,26-28,30,32-44H2,1-3H3/b10-7-,14-11-,17-15-,20-18-,22-21-,25-24-,31-29-. The van der Waals surface area contributed by atoms with E-state index in [1.807, 2.05) is 0 Å². The van der Waals surface area contributed by atoms with Gasteiger partial charge in [0.2, 0.25) is 0 Å². The summed E-state index contributed by atoms with van der Waals surface area (Å²) in [5.41, 5.74) is 0. The van der Waals surface area contributed by atoms with E-state index in [1.165, 1.54) is 32.1 Å². The summed E-state index contributed by atoms with van der Waals surface area (Å²) in [6, 6.07) is 0. The van der Waals surface area contributed by atoms with E-state index < -0.39 is 6.10 Å². The first-order valence-corrected chi connectivity index (χ1v) is 21.1. The smallest absolute Gasteiger partial charge is 0.306 e. The van der Waals surface area contributed by atoms with Crippen LogP contribution < -0.4 is 0 Å². The zero-order valence-electron chi connectivity index (χ0n) is 33.8. The summed E-state index contributed by atoms with van der Waals surface area (Å²) in [4.78, 5) is 24.9. The largest absolute Gasteiger partial charge is 0.462 e. The number of carbonyl (C=O) groups is 2. The highest BCUT2D eigenvalue weighted by molar-refractivity contribution is 5.70. The molecule has 0 spiro atoms. The molecule has 0 N–H and O–H groups in total. The molecule has 0 radical (unpaired) electrons. The Kier molecular flexibility index (Phi) is 40.1. The molecule has 0 aromatic carbocycles. The highest BCUT2D eigenvalue weighted by Crippen LogP contribution is 2.11. The van der Waals surface area contributed by atoms with E-state index in [1.54, 1.807) is 0 Å². The van der Waals surface area contributed by atoms with Gasteiger partial charge < -0.3 is 14.2 Å². The molecule has 0 heterocycles. The molecule has 0 saturated carbocycles. The first-order chi connectivity index (χ1) is 25.6. The number of hydrogen-bond donors (Lipinski definition) is 0. The average Bonchev–Trinajstić information content (AvgIpc) is 3.14. The first kappa shape index (κ1) is 49.1. The number of esters is 2. The highest BCUT2D eigenvalue weighted by atomic mass is 16.6. The normalized spacial score (nSPS) is 13.1. The van der Waals surface area contributed by atoms with Gasteiger partial charge in [0.1, 0.15) is 6.61 Å². The molecule has 5 heteroatoms. The maximum atomic E-state index is 12.5. The Labute approximate surface area is 320 Å². The second-order valence-electron chi connectivity index (χ2n) is 13.5. The van der Waals surface area contributed by atoms with Crippen LogP contribution in [0.25, 0.3) is 0 Å². The van der Waals surface area contributed by atoms with Gasteiger partial charge in [-0.3, -0.25) is 9.59 Å². The van der Waals surface area contributed by atoms with Crippen molar-refractivity contribution in [3.63, 3.8) is 0 Å². The third kappa shape index (κ3) is 39.9. The van der Waals surface area contributed by atoms with Crippen LogP contribution in [-0.2, 0) is 23.8 Å². The minimum atomic E-state index is -0.562. The van der Waals surface area contributed by atoms with Crippen molar-refractivity contribution in [1.82, 2.24) is 0 Å². The summed E-state index contributed by atoms with van der Waals surface area (Å²) in [7, 11) is 0. The summed E-state index contributed by atoms with van der Waals surface area (Å²) in [5, 5.41) is 0. The molecule has 0 aliphatic carbocycles. The molecule has 0 bridgehead atoms. The van der Waals surface area contributed by atoms with E-state index in [9.17, 15) is 9.59 Å². The predicted molar refractivity (Wildman–Crippen MR) is 223 cm³/mol. The number of ether oxygens (including phenoxy) is 3. The summed E-state index contributed by atoms with van der Waals surface area (Å²) >= 11 is 0. The van der Waals surface area contributed by atoms with Crippen LogP contribution in [0.3, 0.4) is 0 Å². The van der Waals surface area contributed by atoms with E-state index in [-0.39, 0.29) is 25.2 Å². The number of rotatable bonds is 37. The zero-order valence-corrected chi connectivity index (χ0v) is 33.8. The third-order valence-corrected chi connectivity index (χ3v) is 8.40. The van der Waals surface area contributed by atoms with Crippen LogP contribution in [0.5, 0.6) is 0 Å². The second-order valence-corrected chi connectivity index (χ2v) is 13.5. The van der Waals surface area contributed by atoms with Crippen molar-refractivity contribution in [1.29, 1.82) is 0 Å². The molecule has 0 saturated heterocycles. The molecule has 0 aromatic rings. The molecule has 5 nitrogen and oxygen atoms in total. The summed E-state index contributed by atoms with van der Waals surface area (Å²) in [5.74, 6) is -0.459. The van der Waals surface area contributed by atoms with E-state index in [0.29, 0.717) is 19.4 Å². The first-order valence-electron chi connectivity index (χ1n) is 21.1. The maximum Gasteiger partial charge on any atom is 0.306 e. The lowest BCUT2D eigenvalue weighted by Gasteiger charge is -2.18. The summed E-state index contributed by atoms with van der Waals surface area (Å²) in [6.07, 6.45) is 54.7. The molecular formula is C47H78O5. The fraction of sp³-hybridized carbons (Fsp3) is 0.660. The molecule has 1 atom stereocenters. The molecule has 0 amide bonds. The Morgan fingerprint density at radius 3 is 1.46 bits per heavy atom. The van der Waals surface area contributed by atoms with Crippen molar-refractivity contribution in [2.75, 3.05) is 19.8 Å². The van der Waals surface area contributed by atoms with Gasteiger partial charge in [0.15, 0.2) is 6.10 Å². The lowest BCUT2D eigenvalue weighted by Crippen LogP contribution is -2.30. The number of carbonyl (C=O) groups excluding carboxylic acids is 2. The molecule has 0 aromatic heterocycles. The molecular weight excluding hydrogens is 645 g/mol. The number of allylic oxidation sites excluding steroid dienone is 14. The van der Waals surface area contributed by atoms with Gasteiger partial charge in [-0.15, -0.1) is 0 Å². The second kappa shape index (κ2) is 42.5. The lowest BCUT2D eigenvalue weighted by molar-refractivity contribution is -0.163. The van der Waals surface area contributed by atoms with E-state index in [0.717, 1.165) is 109 Å². The van der Waals surface area contributed by atoms with E-state index in [2.05, 4.69) is 106 Å². The van der Waals surface area contributed by atoms with E-state index in [4.69, 9.17) is 14.2 Å². The van der Waals surface area contributed by atoms with Gasteiger partial charge in [0, 0.05) is 19.4 Å². The van der Waals surface area contributed by atoms with E-state index >= 15 is 0 Å². The van der Waals surface area contributed by atoms with Crippen LogP contribution in [0.1, 0.15) is 175 Å². The van der Waals surface area contributed by atoms with Crippen molar-refractivity contribution < 1.29 is 23.8 Å². The molecule has 0 rings (SSSR count). The van der Waals surface area contributed by atoms with Crippen LogP contribution in [0.4, 0.5) is 0 Å². The summed E-state index contributed by atoms with van der Waals surface area (Å²) < 4.78 is 17.1. The van der Waals surface area contributed by atoms with Crippen molar-refractivity contribution in [3.05, 3.63) is 85.1 Å². The van der Waals surface area contributed by atoms with Gasteiger partial charge in [0.25, 0.3) is 0 Å². The number of hydrogen-bond acceptors (Lipinski definition) is 5. The molecule has 52 heavy (non-hydrogen) atoms. The molecule has 296 valence electrons. The Bertz CT molecular complexity index is 999. The Hall–Kier alpha value is -2.92. The predicted octanol–water partition coefficient (Wildman–Crippen LogP) is 13.8. The lowest BCUT2D eigenvalue weighted by atomic mass is 10.1. The Morgan fingerprint density at radius 1 is 0.442 bits per heavy atom. The van der Waals surface area contributed by atoms with Gasteiger partial charge in [0.05, 0.1) is 6.61 Å². The van der Waals surface area contributed by atoms with Gasteiger partial charge in [-0.1, -0.05) is 157 Å². The number of unbranched alkanes of at least 4 members (excludes halogenated alkanes) is 12. The van der Waals surface area contributed by atoms with Crippen LogP contribution in [-0.4, -0.2) is 37.9 Å². The quantitative estimate of drug-likeness (QED) is 0.0363. The van der Waals surface area contributed by atoms with Crippen LogP contribution >= 0.6 is 0 Å². The van der Waals surface area contributed by atoms with Crippen molar-refractivity contribution in [2.24, 2.45) is 0 Å². The highest BCUT2D eigenvalue weighted by Gasteiger charge is 2.17. The van der Waals surface area contributed by atoms with Crippen molar-refractivity contribution in [3.8, 4) is 0 Å². The third-order valence-electron chi connectivity index (χ3n) is 8.40. The van der Waals surface area contributed by atoms with Crippen LogP contribution in [0, 0.1) is 0 Å². The van der Waals surface area contributed by atoms with Crippen LogP contribution in [0.15, 0.2) is 85.1 Å². The Balaban J connectivity index is 4.21.